The van der Waals surface area contributed by atoms with E-state index in [0.29, 0.717) is 43.5 Å². The molecule has 2 aromatic rings. The van der Waals surface area contributed by atoms with Crippen LogP contribution in [-0.2, 0) is 13.1 Å². The topological polar surface area (TPSA) is 77.2 Å². The van der Waals surface area contributed by atoms with Gasteiger partial charge in [0.05, 0.1) is 0 Å². The van der Waals surface area contributed by atoms with E-state index in [2.05, 4.69) is 5.10 Å². The van der Waals surface area contributed by atoms with E-state index in [1.165, 1.54) is 11.1 Å². The van der Waals surface area contributed by atoms with Crippen LogP contribution in [0.2, 0.25) is 0 Å². The summed E-state index contributed by atoms with van der Waals surface area (Å²) in [6.07, 6.45) is 3.37. The molecule has 146 valence electrons. The molecular weight excluding hydrogens is 356 g/mol. The Labute approximate surface area is 162 Å². The predicted octanol–water partition coefficient (Wildman–Crippen LogP) is 1.38. The van der Waals surface area contributed by atoms with Gasteiger partial charge in [0.15, 0.2) is 0 Å². The van der Waals surface area contributed by atoms with Crippen molar-refractivity contribution in [3.8, 4) is 0 Å². The van der Waals surface area contributed by atoms with Crippen LogP contribution < -0.4 is 11.1 Å². The van der Waals surface area contributed by atoms with Crippen molar-refractivity contribution in [3.05, 3.63) is 61.9 Å². The van der Waals surface area contributed by atoms with Gasteiger partial charge in [-0.15, -0.1) is 0 Å². The second-order valence-electron chi connectivity index (χ2n) is 8.50. The lowest BCUT2D eigenvalue weighted by Gasteiger charge is -2.25. The molecule has 0 radical (unpaired) electrons. The fourth-order valence-corrected chi connectivity index (χ4v) is 4.68. The summed E-state index contributed by atoms with van der Waals surface area (Å²) >= 11 is 0. The van der Waals surface area contributed by atoms with E-state index in [9.17, 15) is 14.4 Å². The Bertz CT molecular complexity index is 1050. The number of likely N-dealkylation sites (tertiary alicyclic amines) is 1. The van der Waals surface area contributed by atoms with Crippen molar-refractivity contribution in [3.63, 3.8) is 0 Å². The molecule has 0 bridgehead atoms. The van der Waals surface area contributed by atoms with Crippen LogP contribution in [0.15, 0.2) is 33.9 Å². The van der Waals surface area contributed by atoms with Gasteiger partial charge < -0.3 is 4.90 Å². The van der Waals surface area contributed by atoms with Crippen LogP contribution >= 0.6 is 0 Å². The maximum Gasteiger partial charge on any atom is 0.332 e. The van der Waals surface area contributed by atoms with Crippen LogP contribution in [0.4, 0.5) is 0 Å². The van der Waals surface area contributed by atoms with E-state index in [0.717, 1.165) is 18.4 Å². The predicted molar refractivity (Wildman–Crippen MR) is 103 cm³/mol. The molecule has 2 fully saturated rings. The van der Waals surface area contributed by atoms with Crippen molar-refractivity contribution in [2.24, 2.45) is 11.8 Å². The summed E-state index contributed by atoms with van der Waals surface area (Å²) < 4.78 is 2.92. The van der Waals surface area contributed by atoms with Crippen molar-refractivity contribution in [1.29, 1.82) is 0 Å². The highest BCUT2D eigenvalue weighted by Crippen LogP contribution is 2.37. The number of carbonyl (C=O) groups is 1. The molecule has 1 saturated heterocycles. The number of benzene rings is 1. The summed E-state index contributed by atoms with van der Waals surface area (Å²) in [6, 6.07) is 7.61. The van der Waals surface area contributed by atoms with Crippen LogP contribution in [0, 0.1) is 18.8 Å². The average molecular weight is 380 g/mol. The first-order valence-electron chi connectivity index (χ1n) is 10.1. The number of carbonyl (C=O) groups excluding carboxylic acids is 1. The molecule has 1 aromatic carbocycles. The minimum Gasteiger partial charge on any atom is -0.338 e. The standard InChI is InChI=1S/C21H24N4O3/c1-13-5-7-15(8-6-13)19(26)23-10-16-11-24-18(17(16)12-23)22-25(21(28)20(24)27)9-14-3-2-4-14/h5-8,14,16-17H,2-4,9-12H2,1H3/t16-,17-/m1/s1. The second kappa shape index (κ2) is 6.43. The molecule has 2 aliphatic heterocycles. The molecule has 1 aliphatic carbocycles. The van der Waals surface area contributed by atoms with Gasteiger partial charge in [-0.3, -0.25) is 19.0 Å². The quantitative estimate of drug-likeness (QED) is 0.754. The fourth-order valence-electron chi connectivity index (χ4n) is 4.68. The third-order valence-electron chi connectivity index (χ3n) is 6.59. The molecule has 1 amide bonds. The molecule has 2 atom stereocenters. The zero-order chi connectivity index (χ0) is 19.4. The Hall–Kier alpha value is -2.70. The minimum absolute atomic E-state index is 0.0195. The molecule has 0 N–H and O–H groups in total. The van der Waals surface area contributed by atoms with Crippen molar-refractivity contribution >= 4 is 5.91 Å². The lowest BCUT2D eigenvalue weighted by atomic mass is 9.85. The first-order valence-corrected chi connectivity index (χ1v) is 10.1. The molecule has 3 aliphatic rings. The van der Waals surface area contributed by atoms with Crippen LogP contribution in [0.1, 0.15) is 46.9 Å². The molecule has 0 spiro atoms. The van der Waals surface area contributed by atoms with Crippen LogP contribution in [0.5, 0.6) is 0 Å². The summed E-state index contributed by atoms with van der Waals surface area (Å²) in [5, 5.41) is 4.59. The number of aromatic nitrogens is 3. The lowest BCUT2D eigenvalue weighted by Crippen LogP contribution is -2.45. The summed E-state index contributed by atoms with van der Waals surface area (Å²) in [6.45, 7) is 4.15. The lowest BCUT2D eigenvalue weighted by molar-refractivity contribution is 0.0783. The van der Waals surface area contributed by atoms with Crippen molar-refractivity contribution in [1.82, 2.24) is 19.2 Å². The Kier molecular flexibility index (Phi) is 4.00. The fraction of sp³-hybridized carbons (Fsp3) is 0.524. The van der Waals surface area contributed by atoms with Gasteiger partial charge in [0, 0.05) is 43.6 Å². The maximum absolute atomic E-state index is 12.9. The maximum atomic E-state index is 12.9. The number of amides is 1. The van der Waals surface area contributed by atoms with Gasteiger partial charge in [-0.2, -0.15) is 5.10 Å². The van der Waals surface area contributed by atoms with E-state index in [1.54, 1.807) is 4.57 Å². The smallest absolute Gasteiger partial charge is 0.332 e. The van der Waals surface area contributed by atoms with Gasteiger partial charge in [0.2, 0.25) is 0 Å². The van der Waals surface area contributed by atoms with Gasteiger partial charge in [0.1, 0.15) is 5.82 Å². The van der Waals surface area contributed by atoms with Gasteiger partial charge >= 0.3 is 11.1 Å². The SMILES string of the molecule is Cc1ccc(C(=O)N2C[C@@H]3Cn4c(nn(CC5CCC5)c(=O)c4=O)[C@@H]3C2)cc1. The van der Waals surface area contributed by atoms with Gasteiger partial charge in [-0.05, 0) is 37.8 Å². The molecule has 7 nitrogen and oxygen atoms in total. The molecule has 7 heteroatoms. The van der Waals surface area contributed by atoms with Crippen molar-refractivity contribution in [2.75, 3.05) is 13.1 Å². The van der Waals surface area contributed by atoms with Gasteiger partial charge in [-0.1, -0.05) is 24.1 Å². The van der Waals surface area contributed by atoms with E-state index < -0.39 is 11.1 Å². The molecule has 1 aromatic heterocycles. The average Bonchev–Trinajstić information content (AvgIpc) is 3.21. The number of nitrogens with zero attached hydrogens (tertiary/aromatic N) is 4. The van der Waals surface area contributed by atoms with Crippen LogP contribution in [0.25, 0.3) is 0 Å². The third-order valence-corrected chi connectivity index (χ3v) is 6.59. The van der Waals surface area contributed by atoms with Crippen molar-refractivity contribution in [2.45, 2.75) is 45.2 Å². The zero-order valence-electron chi connectivity index (χ0n) is 16.0. The van der Waals surface area contributed by atoms with E-state index in [4.69, 9.17) is 0 Å². The van der Waals surface area contributed by atoms with Crippen LogP contribution in [0.3, 0.4) is 0 Å². The summed E-state index contributed by atoms with van der Waals surface area (Å²) in [5.74, 6) is 1.32. The number of rotatable bonds is 3. The monoisotopic (exact) mass is 380 g/mol. The largest absolute Gasteiger partial charge is 0.338 e. The minimum atomic E-state index is -0.511. The second-order valence-corrected chi connectivity index (χ2v) is 8.50. The highest BCUT2D eigenvalue weighted by Gasteiger charge is 2.44. The Morgan fingerprint density at radius 3 is 2.50 bits per heavy atom. The normalized spacial score (nSPS) is 23.4. The summed E-state index contributed by atoms with van der Waals surface area (Å²) in [5.41, 5.74) is 0.834. The first-order chi connectivity index (χ1) is 13.5. The summed E-state index contributed by atoms with van der Waals surface area (Å²) in [7, 11) is 0. The van der Waals surface area contributed by atoms with Crippen molar-refractivity contribution < 1.29 is 4.79 Å². The highest BCUT2D eigenvalue weighted by atomic mass is 16.2. The summed E-state index contributed by atoms with van der Waals surface area (Å²) in [4.78, 5) is 39.7. The van der Waals surface area contributed by atoms with Crippen LogP contribution in [-0.4, -0.2) is 38.2 Å². The molecule has 0 unspecified atom stereocenters. The van der Waals surface area contributed by atoms with E-state index >= 15 is 0 Å². The van der Waals surface area contributed by atoms with E-state index in [1.807, 2.05) is 36.1 Å². The number of hydrogen-bond donors (Lipinski definition) is 0. The number of fused-ring (bicyclic) bond motifs is 3. The molecule has 28 heavy (non-hydrogen) atoms. The Morgan fingerprint density at radius 1 is 1.07 bits per heavy atom. The number of aryl methyl sites for hydroxylation is 1. The molecule has 5 rings (SSSR count). The molecule has 3 heterocycles. The van der Waals surface area contributed by atoms with Gasteiger partial charge in [-0.25, -0.2) is 4.68 Å². The first kappa shape index (κ1) is 17.4. The van der Waals surface area contributed by atoms with E-state index in [-0.39, 0.29) is 17.7 Å². The Balaban J connectivity index is 1.41. The molecule has 1 saturated carbocycles. The Morgan fingerprint density at radius 2 is 1.82 bits per heavy atom. The van der Waals surface area contributed by atoms with Gasteiger partial charge in [0.25, 0.3) is 5.91 Å². The highest BCUT2D eigenvalue weighted by molar-refractivity contribution is 5.94. The molecular formula is C21H24N4O3. The third kappa shape index (κ3) is 2.72. The number of hydrogen-bond acceptors (Lipinski definition) is 4. The zero-order valence-corrected chi connectivity index (χ0v) is 16.0.